The van der Waals surface area contributed by atoms with E-state index in [1.54, 1.807) is 18.3 Å². The van der Waals surface area contributed by atoms with Gasteiger partial charge in [0.05, 0.1) is 6.20 Å². The molecule has 0 aliphatic rings. The summed E-state index contributed by atoms with van der Waals surface area (Å²) in [5.74, 6) is 0.257. The molecular weight excluding hydrogens is 204 g/mol. The van der Waals surface area contributed by atoms with Gasteiger partial charge in [-0.1, -0.05) is 6.07 Å². The maximum absolute atomic E-state index is 11.8. The number of pyridine rings is 1. The molecule has 0 aromatic carbocycles. The fraction of sp³-hybridized carbons (Fsp3) is 0.0909. The van der Waals surface area contributed by atoms with Crippen molar-refractivity contribution in [2.24, 2.45) is 0 Å². The molecular formula is C11H10N4O. The molecule has 0 aliphatic carbocycles. The number of ketones is 1. The maximum atomic E-state index is 11.8. The molecule has 5 heteroatoms. The van der Waals surface area contributed by atoms with Gasteiger partial charge >= 0.3 is 0 Å². The summed E-state index contributed by atoms with van der Waals surface area (Å²) < 4.78 is 0. The number of carbonyl (C=O) groups is 1. The van der Waals surface area contributed by atoms with Gasteiger partial charge in [0.15, 0.2) is 5.78 Å². The van der Waals surface area contributed by atoms with E-state index in [0.717, 1.165) is 0 Å². The van der Waals surface area contributed by atoms with E-state index in [1.807, 2.05) is 0 Å². The Morgan fingerprint density at radius 2 is 2.12 bits per heavy atom. The van der Waals surface area contributed by atoms with Crippen LogP contribution in [0.5, 0.6) is 0 Å². The van der Waals surface area contributed by atoms with E-state index in [2.05, 4.69) is 15.0 Å². The van der Waals surface area contributed by atoms with Crippen LogP contribution in [0.15, 0.2) is 36.9 Å². The summed E-state index contributed by atoms with van der Waals surface area (Å²) in [6, 6.07) is 3.52. The molecule has 0 saturated heterocycles. The SMILES string of the molecule is Nc1ncccc1CC(=O)c1cnccn1. The minimum Gasteiger partial charge on any atom is -0.383 e. The zero-order valence-electron chi connectivity index (χ0n) is 8.50. The Morgan fingerprint density at radius 3 is 2.81 bits per heavy atom. The van der Waals surface area contributed by atoms with Crippen LogP contribution in [0.2, 0.25) is 0 Å². The van der Waals surface area contributed by atoms with Gasteiger partial charge in [-0.3, -0.25) is 9.78 Å². The number of nitrogens with two attached hydrogens (primary N) is 1. The summed E-state index contributed by atoms with van der Waals surface area (Å²) in [7, 11) is 0. The number of hydrogen-bond acceptors (Lipinski definition) is 5. The summed E-state index contributed by atoms with van der Waals surface area (Å²) in [4.78, 5) is 23.5. The van der Waals surface area contributed by atoms with Crippen LogP contribution in [-0.4, -0.2) is 20.7 Å². The smallest absolute Gasteiger partial charge is 0.187 e. The van der Waals surface area contributed by atoms with Gasteiger partial charge in [-0.15, -0.1) is 0 Å². The molecule has 2 rings (SSSR count). The van der Waals surface area contributed by atoms with Crippen LogP contribution in [0.4, 0.5) is 5.82 Å². The van der Waals surface area contributed by atoms with Gasteiger partial charge in [0.2, 0.25) is 0 Å². The van der Waals surface area contributed by atoms with Crippen molar-refractivity contribution in [2.75, 3.05) is 5.73 Å². The van der Waals surface area contributed by atoms with Gasteiger partial charge in [0, 0.05) is 30.6 Å². The molecule has 0 radical (unpaired) electrons. The van der Waals surface area contributed by atoms with Crippen LogP contribution in [0.25, 0.3) is 0 Å². The van der Waals surface area contributed by atoms with Crippen molar-refractivity contribution in [3.05, 3.63) is 48.2 Å². The highest BCUT2D eigenvalue weighted by Crippen LogP contribution is 2.10. The Morgan fingerprint density at radius 1 is 1.25 bits per heavy atom. The lowest BCUT2D eigenvalue weighted by Gasteiger charge is -2.02. The average molecular weight is 214 g/mol. The van der Waals surface area contributed by atoms with Crippen LogP contribution in [0.1, 0.15) is 16.1 Å². The number of carbonyl (C=O) groups excluding carboxylic acids is 1. The third-order valence-corrected chi connectivity index (χ3v) is 2.13. The topological polar surface area (TPSA) is 81.8 Å². The van der Waals surface area contributed by atoms with Gasteiger partial charge in [-0.05, 0) is 6.07 Å². The minimum absolute atomic E-state index is 0.118. The lowest BCUT2D eigenvalue weighted by atomic mass is 10.1. The third kappa shape index (κ3) is 2.20. The first-order chi connectivity index (χ1) is 7.77. The Labute approximate surface area is 92.4 Å². The highest BCUT2D eigenvalue weighted by molar-refractivity contribution is 5.95. The molecule has 5 nitrogen and oxygen atoms in total. The molecule has 16 heavy (non-hydrogen) atoms. The number of hydrogen-bond donors (Lipinski definition) is 1. The summed E-state index contributed by atoms with van der Waals surface area (Å²) in [5, 5.41) is 0. The quantitative estimate of drug-likeness (QED) is 0.767. The molecule has 0 bridgehead atoms. The van der Waals surface area contributed by atoms with Gasteiger partial charge in [0.25, 0.3) is 0 Å². The van der Waals surface area contributed by atoms with Crippen molar-refractivity contribution in [1.29, 1.82) is 0 Å². The highest BCUT2D eigenvalue weighted by atomic mass is 16.1. The van der Waals surface area contributed by atoms with E-state index < -0.39 is 0 Å². The number of nitrogens with zero attached hydrogens (tertiary/aromatic N) is 3. The van der Waals surface area contributed by atoms with Crippen molar-refractivity contribution in [3.8, 4) is 0 Å². The van der Waals surface area contributed by atoms with Crippen LogP contribution in [0.3, 0.4) is 0 Å². The van der Waals surface area contributed by atoms with Crippen LogP contribution < -0.4 is 5.73 Å². The Kier molecular flexibility index (Phi) is 2.86. The number of nitrogen functional groups attached to an aromatic ring is 1. The third-order valence-electron chi connectivity index (χ3n) is 2.13. The Hall–Kier alpha value is -2.30. The first-order valence-corrected chi connectivity index (χ1v) is 4.76. The first kappa shape index (κ1) is 10.2. The van der Waals surface area contributed by atoms with Crippen molar-refractivity contribution < 1.29 is 4.79 Å². The molecule has 80 valence electrons. The van der Waals surface area contributed by atoms with E-state index in [-0.39, 0.29) is 12.2 Å². The second-order valence-electron chi connectivity index (χ2n) is 3.24. The summed E-state index contributed by atoms with van der Waals surface area (Å²) in [6.45, 7) is 0. The number of aromatic nitrogens is 3. The summed E-state index contributed by atoms with van der Waals surface area (Å²) >= 11 is 0. The van der Waals surface area contributed by atoms with Crippen molar-refractivity contribution >= 4 is 11.6 Å². The standard InChI is InChI=1S/C11H10N4O/c12-11-8(2-1-3-15-11)6-10(16)9-7-13-4-5-14-9/h1-5,7H,6H2,(H2,12,15). The first-order valence-electron chi connectivity index (χ1n) is 4.76. The summed E-state index contributed by atoms with van der Waals surface area (Å²) in [6.07, 6.45) is 6.23. The van der Waals surface area contributed by atoms with Gasteiger partial charge < -0.3 is 5.73 Å². The molecule has 2 aromatic heterocycles. The normalized spacial score (nSPS) is 10.0. The molecule has 0 aliphatic heterocycles. The van der Waals surface area contributed by atoms with Gasteiger partial charge in [-0.25, -0.2) is 9.97 Å². The minimum atomic E-state index is -0.118. The van der Waals surface area contributed by atoms with E-state index in [1.165, 1.54) is 18.6 Å². The zero-order chi connectivity index (χ0) is 11.4. The van der Waals surface area contributed by atoms with Gasteiger partial charge in [0.1, 0.15) is 11.5 Å². The van der Waals surface area contributed by atoms with E-state index in [0.29, 0.717) is 17.1 Å². The van der Waals surface area contributed by atoms with Crippen LogP contribution in [0, 0.1) is 0 Å². The van der Waals surface area contributed by atoms with Gasteiger partial charge in [-0.2, -0.15) is 0 Å². The molecule has 0 spiro atoms. The molecule has 0 unspecified atom stereocenters. The monoisotopic (exact) mass is 214 g/mol. The Bertz CT molecular complexity index is 498. The second kappa shape index (κ2) is 4.48. The second-order valence-corrected chi connectivity index (χ2v) is 3.24. The van der Waals surface area contributed by atoms with Crippen molar-refractivity contribution in [3.63, 3.8) is 0 Å². The van der Waals surface area contributed by atoms with Crippen molar-refractivity contribution in [2.45, 2.75) is 6.42 Å². The van der Waals surface area contributed by atoms with E-state index in [4.69, 9.17) is 5.73 Å². The predicted molar refractivity (Wildman–Crippen MR) is 58.7 cm³/mol. The lowest BCUT2D eigenvalue weighted by molar-refractivity contribution is 0.0988. The largest absolute Gasteiger partial charge is 0.383 e. The summed E-state index contributed by atoms with van der Waals surface area (Å²) in [5.41, 5.74) is 6.69. The predicted octanol–water partition coefficient (Wildman–Crippen LogP) is 0.879. The fourth-order valence-electron chi connectivity index (χ4n) is 1.31. The molecule has 0 saturated carbocycles. The molecule has 0 amide bonds. The zero-order valence-corrected chi connectivity index (χ0v) is 8.50. The Balaban J connectivity index is 2.18. The molecule has 2 aromatic rings. The van der Waals surface area contributed by atoms with E-state index in [9.17, 15) is 4.79 Å². The fourth-order valence-corrected chi connectivity index (χ4v) is 1.31. The maximum Gasteiger partial charge on any atom is 0.187 e. The van der Waals surface area contributed by atoms with Crippen molar-refractivity contribution in [1.82, 2.24) is 15.0 Å². The number of rotatable bonds is 3. The molecule has 2 heterocycles. The lowest BCUT2D eigenvalue weighted by Crippen LogP contribution is -2.08. The highest BCUT2D eigenvalue weighted by Gasteiger charge is 2.10. The van der Waals surface area contributed by atoms with Crippen LogP contribution >= 0.6 is 0 Å². The average Bonchev–Trinajstić information content (AvgIpc) is 2.33. The molecule has 2 N–H and O–H groups in total. The number of Topliss-reactive ketones (excluding diaryl/α,β-unsaturated/α-hetero) is 1. The molecule has 0 fully saturated rings. The van der Waals surface area contributed by atoms with E-state index >= 15 is 0 Å². The van der Waals surface area contributed by atoms with Crippen LogP contribution in [-0.2, 0) is 6.42 Å². The number of anilines is 1. The molecule has 0 atom stereocenters.